The summed E-state index contributed by atoms with van der Waals surface area (Å²) in [5.74, 6) is -0.194. The maximum Gasteiger partial charge on any atom is 0.248 e. The van der Waals surface area contributed by atoms with Crippen molar-refractivity contribution in [1.29, 1.82) is 0 Å². The number of thiazole rings is 1. The molecule has 4 rings (SSSR count). The summed E-state index contributed by atoms with van der Waals surface area (Å²) in [6.07, 6.45) is 5.09. The van der Waals surface area contributed by atoms with Gasteiger partial charge in [0.25, 0.3) is 0 Å². The number of imidazole rings is 1. The maximum atomic E-state index is 12.5. The molecule has 8 heteroatoms. The predicted molar refractivity (Wildman–Crippen MR) is 117 cm³/mol. The zero-order valence-corrected chi connectivity index (χ0v) is 17.2. The first kappa shape index (κ1) is 19.0. The number of hydrogen-bond donors (Lipinski definition) is 1. The average molecular weight is 416 g/mol. The second-order valence-electron chi connectivity index (χ2n) is 6.60. The summed E-state index contributed by atoms with van der Waals surface area (Å²) >= 11 is 7.69. The monoisotopic (exact) mass is 415 g/mol. The highest BCUT2D eigenvalue weighted by Gasteiger charge is 2.18. The van der Waals surface area contributed by atoms with E-state index in [0.717, 1.165) is 49.1 Å². The number of likely N-dealkylation sites (N-methyl/N-ethyl adjacent to an activating group) is 1. The Labute approximate surface area is 173 Å². The number of benzene rings is 1. The third-order valence-electron chi connectivity index (χ3n) is 4.97. The smallest absolute Gasteiger partial charge is 0.248 e. The summed E-state index contributed by atoms with van der Waals surface area (Å²) in [6.45, 7) is 7.25. The highest BCUT2D eigenvalue weighted by atomic mass is 35.5. The number of nitrogens with one attached hydrogen (secondary N) is 1. The first-order valence-corrected chi connectivity index (χ1v) is 10.6. The van der Waals surface area contributed by atoms with E-state index in [0.29, 0.717) is 10.8 Å². The highest BCUT2D eigenvalue weighted by Crippen LogP contribution is 2.27. The molecule has 0 radical (unpaired) electrons. The van der Waals surface area contributed by atoms with Crippen molar-refractivity contribution < 1.29 is 4.79 Å². The molecule has 6 nitrogen and oxygen atoms in total. The van der Waals surface area contributed by atoms with Crippen LogP contribution in [-0.4, -0.2) is 52.9 Å². The summed E-state index contributed by atoms with van der Waals surface area (Å²) < 4.78 is 1.87. The Bertz CT molecular complexity index is 1000. The van der Waals surface area contributed by atoms with Crippen molar-refractivity contribution in [1.82, 2.24) is 14.3 Å². The summed E-state index contributed by atoms with van der Waals surface area (Å²) in [4.78, 5) is 22.4. The number of rotatable bonds is 5. The Morgan fingerprint density at radius 3 is 2.86 bits per heavy atom. The van der Waals surface area contributed by atoms with Gasteiger partial charge in [0.1, 0.15) is 0 Å². The number of amides is 1. The van der Waals surface area contributed by atoms with Crippen LogP contribution in [0.3, 0.4) is 0 Å². The first-order chi connectivity index (χ1) is 13.7. The largest absolute Gasteiger partial charge is 0.367 e. The van der Waals surface area contributed by atoms with Crippen LogP contribution in [0.25, 0.3) is 11.0 Å². The van der Waals surface area contributed by atoms with E-state index in [4.69, 9.17) is 11.6 Å². The summed E-state index contributed by atoms with van der Waals surface area (Å²) in [5, 5.41) is 5.33. The molecule has 1 saturated heterocycles. The maximum absolute atomic E-state index is 12.5. The van der Waals surface area contributed by atoms with Crippen LogP contribution in [0.15, 0.2) is 41.9 Å². The molecule has 146 valence electrons. The van der Waals surface area contributed by atoms with Crippen molar-refractivity contribution in [3.63, 3.8) is 0 Å². The molecule has 28 heavy (non-hydrogen) atoms. The Hall–Kier alpha value is -2.35. The predicted octanol–water partition coefficient (Wildman–Crippen LogP) is 3.84. The number of fused-ring (bicyclic) bond motifs is 1. The molecule has 2 aromatic heterocycles. The average Bonchev–Trinajstić information content (AvgIpc) is 3.27. The molecule has 1 amide bonds. The quantitative estimate of drug-likeness (QED) is 0.643. The van der Waals surface area contributed by atoms with Crippen LogP contribution in [0.1, 0.15) is 12.6 Å². The SMILES string of the molecule is CCN1CCN(c2ccccc2NC(=O)/C=C/c2c(Cl)nc3sccn23)CC1. The second kappa shape index (κ2) is 8.34. The van der Waals surface area contributed by atoms with Gasteiger partial charge in [0.05, 0.1) is 17.1 Å². The van der Waals surface area contributed by atoms with Gasteiger partial charge in [-0.25, -0.2) is 4.98 Å². The summed E-state index contributed by atoms with van der Waals surface area (Å²) in [6, 6.07) is 7.94. The molecule has 3 heterocycles. The van der Waals surface area contributed by atoms with E-state index in [-0.39, 0.29) is 5.91 Å². The van der Waals surface area contributed by atoms with Crippen LogP contribution < -0.4 is 10.2 Å². The van der Waals surface area contributed by atoms with Crippen molar-refractivity contribution in [2.75, 3.05) is 42.9 Å². The van der Waals surface area contributed by atoms with E-state index in [1.807, 2.05) is 34.2 Å². The Balaban J connectivity index is 1.48. The van der Waals surface area contributed by atoms with Gasteiger partial charge in [-0.1, -0.05) is 30.7 Å². The molecule has 0 bridgehead atoms. The van der Waals surface area contributed by atoms with E-state index in [1.54, 1.807) is 6.08 Å². The lowest BCUT2D eigenvalue weighted by Crippen LogP contribution is -2.46. The van der Waals surface area contributed by atoms with E-state index >= 15 is 0 Å². The number of piperazine rings is 1. The van der Waals surface area contributed by atoms with Crippen LogP contribution in [0.2, 0.25) is 5.15 Å². The number of halogens is 1. The molecule has 0 aliphatic carbocycles. The van der Waals surface area contributed by atoms with Gasteiger partial charge in [-0.3, -0.25) is 9.20 Å². The van der Waals surface area contributed by atoms with E-state index < -0.39 is 0 Å². The number of aromatic nitrogens is 2. The van der Waals surface area contributed by atoms with Gasteiger partial charge >= 0.3 is 0 Å². The second-order valence-corrected chi connectivity index (χ2v) is 7.84. The minimum atomic E-state index is -0.194. The van der Waals surface area contributed by atoms with Crippen LogP contribution in [-0.2, 0) is 4.79 Å². The normalized spacial score (nSPS) is 15.6. The van der Waals surface area contributed by atoms with Gasteiger partial charge in [-0.2, -0.15) is 0 Å². The first-order valence-electron chi connectivity index (χ1n) is 9.32. The van der Waals surface area contributed by atoms with Crippen LogP contribution in [0.4, 0.5) is 11.4 Å². The molecular formula is C20H22ClN5OS. The number of anilines is 2. The van der Waals surface area contributed by atoms with Crippen molar-refractivity contribution >= 4 is 51.3 Å². The molecule has 0 saturated carbocycles. The molecule has 1 aliphatic heterocycles. The highest BCUT2D eigenvalue weighted by molar-refractivity contribution is 7.15. The van der Waals surface area contributed by atoms with Gasteiger partial charge < -0.3 is 15.1 Å². The zero-order valence-electron chi connectivity index (χ0n) is 15.6. The molecule has 1 aliphatic rings. The van der Waals surface area contributed by atoms with Crippen LogP contribution >= 0.6 is 22.9 Å². The minimum absolute atomic E-state index is 0.194. The summed E-state index contributed by atoms with van der Waals surface area (Å²) in [7, 11) is 0. The standard InChI is InChI=1S/C20H22ClN5OS/c1-2-24-9-11-25(12-10-24)16-6-4-3-5-15(16)22-18(27)8-7-17-19(21)23-20-26(17)13-14-28-20/h3-8,13-14H,2,9-12H2,1H3,(H,22,27)/b8-7+. The Morgan fingerprint density at radius 2 is 2.07 bits per heavy atom. The lowest BCUT2D eigenvalue weighted by Gasteiger charge is -2.36. The van der Waals surface area contributed by atoms with Gasteiger partial charge in [0.15, 0.2) is 10.1 Å². The molecule has 1 N–H and O–H groups in total. The van der Waals surface area contributed by atoms with E-state index in [9.17, 15) is 4.79 Å². The fourth-order valence-electron chi connectivity index (χ4n) is 3.42. The molecule has 0 atom stereocenters. The van der Waals surface area contributed by atoms with Gasteiger partial charge in [0.2, 0.25) is 5.91 Å². The van der Waals surface area contributed by atoms with Gasteiger partial charge in [0, 0.05) is 43.8 Å². The number of carbonyl (C=O) groups excluding carboxylic acids is 1. The zero-order chi connectivity index (χ0) is 19.5. The van der Waals surface area contributed by atoms with Crippen molar-refractivity contribution in [2.24, 2.45) is 0 Å². The van der Waals surface area contributed by atoms with Crippen molar-refractivity contribution in [2.45, 2.75) is 6.92 Å². The minimum Gasteiger partial charge on any atom is -0.367 e. The number of para-hydroxylation sites is 2. The Morgan fingerprint density at radius 1 is 1.29 bits per heavy atom. The fraction of sp³-hybridized carbons (Fsp3) is 0.300. The molecule has 1 fully saturated rings. The molecular weight excluding hydrogens is 394 g/mol. The van der Waals surface area contributed by atoms with Crippen LogP contribution in [0, 0.1) is 0 Å². The van der Waals surface area contributed by atoms with Crippen molar-refractivity contribution in [3.05, 3.63) is 52.8 Å². The lowest BCUT2D eigenvalue weighted by molar-refractivity contribution is -0.111. The number of carbonyl (C=O) groups is 1. The molecule has 0 unspecified atom stereocenters. The van der Waals surface area contributed by atoms with Crippen LogP contribution in [0.5, 0.6) is 0 Å². The van der Waals surface area contributed by atoms with Crippen molar-refractivity contribution in [3.8, 4) is 0 Å². The van der Waals surface area contributed by atoms with Gasteiger partial charge in [-0.05, 0) is 24.8 Å². The topological polar surface area (TPSA) is 52.9 Å². The summed E-state index contributed by atoms with van der Waals surface area (Å²) in [5.41, 5.74) is 2.59. The third-order valence-corrected chi connectivity index (χ3v) is 6.00. The third kappa shape index (κ3) is 3.92. The molecule has 3 aromatic rings. The fourth-order valence-corrected chi connectivity index (χ4v) is 4.42. The van der Waals surface area contributed by atoms with E-state index in [2.05, 4.69) is 33.1 Å². The van der Waals surface area contributed by atoms with E-state index in [1.165, 1.54) is 17.4 Å². The number of hydrogen-bond acceptors (Lipinski definition) is 5. The number of nitrogens with zero attached hydrogens (tertiary/aromatic N) is 4. The van der Waals surface area contributed by atoms with Gasteiger partial charge in [-0.15, -0.1) is 11.3 Å². The Kier molecular flexibility index (Phi) is 5.66. The lowest BCUT2D eigenvalue weighted by atomic mass is 10.2. The molecule has 1 aromatic carbocycles. The molecule has 0 spiro atoms.